The van der Waals surface area contributed by atoms with E-state index in [0.29, 0.717) is 0 Å². The lowest BCUT2D eigenvalue weighted by Crippen LogP contribution is -1.76. The summed E-state index contributed by atoms with van der Waals surface area (Å²) in [6.45, 7) is 11.6. The molecule has 0 amide bonds. The first-order chi connectivity index (χ1) is 7.24. The quantitative estimate of drug-likeness (QED) is 0.699. The maximum atomic E-state index is 3.83. The summed E-state index contributed by atoms with van der Waals surface area (Å²) in [5, 5.41) is 0. The van der Waals surface area contributed by atoms with Crippen molar-refractivity contribution in [3.63, 3.8) is 0 Å². The molecule has 1 nitrogen and oxygen atoms in total. The molecule has 0 saturated heterocycles. The van der Waals surface area contributed by atoms with Gasteiger partial charge in [0.15, 0.2) is 0 Å². The fraction of sp³-hybridized carbons (Fsp3) is 0.143. The predicted octanol–water partition coefficient (Wildman–Crippen LogP) is 4.20. The largest absolute Gasteiger partial charge is 0.355 e. The van der Waals surface area contributed by atoms with Crippen LogP contribution in [0.15, 0.2) is 31.4 Å². The summed E-state index contributed by atoms with van der Waals surface area (Å²) in [5.41, 5.74) is 4.60. The van der Waals surface area contributed by atoms with E-state index in [2.05, 4.69) is 31.1 Å². The van der Waals surface area contributed by atoms with E-state index in [1.54, 1.807) is 6.08 Å². The highest BCUT2D eigenvalue weighted by atomic mass is 14.7. The molecule has 0 aliphatic heterocycles. The van der Waals surface area contributed by atoms with Crippen LogP contribution >= 0.6 is 0 Å². The molecule has 78 valence electrons. The van der Waals surface area contributed by atoms with Gasteiger partial charge in [-0.15, -0.1) is 0 Å². The van der Waals surface area contributed by atoms with Crippen LogP contribution in [0.1, 0.15) is 29.4 Å². The first-order valence-corrected chi connectivity index (χ1v) is 5.01. The first-order valence-electron chi connectivity index (χ1n) is 5.01. The van der Waals surface area contributed by atoms with Gasteiger partial charge in [0, 0.05) is 17.0 Å². The van der Waals surface area contributed by atoms with Crippen molar-refractivity contribution in [3.05, 3.63) is 53.9 Å². The lowest BCUT2D eigenvalue weighted by atomic mass is 10.1. The lowest BCUT2D eigenvalue weighted by Gasteiger charge is -1.92. The molecule has 0 unspecified atom stereocenters. The van der Waals surface area contributed by atoms with Gasteiger partial charge in [-0.2, -0.15) is 0 Å². The molecule has 0 aliphatic carbocycles. The molecule has 0 aliphatic rings. The standard InChI is InChI=1S/C14H17N/c1-5-8-10-14-12(7-3)11(4)13(15-14)9-6-2/h5-10,15H,1,3H2,2,4H3/b9-6-,10-8-. The molecule has 0 saturated carbocycles. The van der Waals surface area contributed by atoms with Crippen molar-refractivity contribution in [1.29, 1.82) is 0 Å². The van der Waals surface area contributed by atoms with Crippen LogP contribution in [-0.4, -0.2) is 4.98 Å². The van der Waals surface area contributed by atoms with Gasteiger partial charge in [-0.1, -0.05) is 37.5 Å². The van der Waals surface area contributed by atoms with Gasteiger partial charge < -0.3 is 4.98 Å². The molecule has 1 rings (SSSR count). The van der Waals surface area contributed by atoms with E-state index in [-0.39, 0.29) is 0 Å². The normalized spacial score (nSPS) is 11.3. The zero-order valence-electron chi connectivity index (χ0n) is 9.38. The van der Waals surface area contributed by atoms with Crippen molar-refractivity contribution in [2.24, 2.45) is 0 Å². The Labute approximate surface area is 91.5 Å². The van der Waals surface area contributed by atoms with E-state index < -0.39 is 0 Å². The van der Waals surface area contributed by atoms with Gasteiger partial charge in [0.1, 0.15) is 0 Å². The highest BCUT2D eigenvalue weighted by Crippen LogP contribution is 2.21. The fourth-order valence-corrected chi connectivity index (χ4v) is 1.55. The smallest absolute Gasteiger partial charge is 0.0461 e. The third-order valence-electron chi connectivity index (χ3n) is 2.30. The minimum absolute atomic E-state index is 1.08. The summed E-state index contributed by atoms with van der Waals surface area (Å²) >= 11 is 0. The Morgan fingerprint density at radius 2 is 1.87 bits per heavy atom. The van der Waals surface area contributed by atoms with Gasteiger partial charge in [0.25, 0.3) is 0 Å². The van der Waals surface area contributed by atoms with Crippen LogP contribution in [0.25, 0.3) is 18.2 Å². The molecule has 1 aromatic heterocycles. The summed E-state index contributed by atoms with van der Waals surface area (Å²) in [6, 6.07) is 0. The van der Waals surface area contributed by atoms with Crippen LogP contribution in [0.5, 0.6) is 0 Å². The molecule has 1 heteroatoms. The highest BCUT2D eigenvalue weighted by Gasteiger charge is 2.06. The maximum absolute atomic E-state index is 3.83. The topological polar surface area (TPSA) is 15.8 Å². The number of nitrogens with one attached hydrogen (secondary N) is 1. The van der Waals surface area contributed by atoms with Crippen molar-refractivity contribution >= 4 is 18.2 Å². The molecule has 0 radical (unpaired) electrons. The van der Waals surface area contributed by atoms with E-state index >= 15 is 0 Å². The van der Waals surface area contributed by atoms with Crippen LogP contribution in [0.4, 0.5) is 0 Å². The fourth-order valence-electron chi connectivity index (χ4n) is 1.55. The molecule has 0 bridgehead atoms. The molecular weight excluding hydrogens is 182 g/mol. The van der Waals surface area contributed by atoms with Crippen molar-refractivity contribution in [2.45, 2.75) is 13.8 Å². The maximum Gasteiger partial charge on any atom is 0.0461 e. The van der Waals surface area contributed by atoms with E-state index in [1.165, 1.54) is 5.56 Å². The lowest BCUT2D eigenvalue weighted by molar-refractivity contribution is 1.32. The molecule has 0 spiro atoms. The highest BCUT2D eigenvalue weighted by molar-refractivity contribution is 5.70. The average Bonchev–Trinajstić information content (AvgIpc) is 2.53. The predicted molar refractivity (Wildman–Crippen MR) is 69.6 cm³/mol. The second-order valence-corrected chi connectivity index (χ2v) is 3.29. The van der Waals surface area contributed by atoms with E-state index in [9.17, 15) is 0 Å². The molecule has 1 heterocycles. The zero-order valence-corrected chi connectivity index (χ0v) is 9.38. The van der Waals surface area contributed by atoms with Crippen molar-refractivity contribution < 1.29 is 0 Å². The molecular formula is C14H17N. The Hall–Kier alpha value is -1.76. The van der Waals surface area contributed by atoms with Gasteiger partial charge in [-0.3, -0.25) is 0 Å². The molecule has 15 heavy (non-hydrogen) atoms. The number of aromatic amines is 1. The zero-order chi connectivity index (χ0) is 11.3. The minimum Gasteiger partial charge on any atom is -0.355 e. The third kappa shape index (κ3) is 2.38. The summed E-state index contributed by atoms with van der Waals surface area (Å²) in [4.78, 5) is 3.34. The van der Waals surface area contributed by atoms with Gasteiger partial charge in [0.05, 0.1) is 0 Å². The molecule has 0 fully saturated rings. The molecule has 1 aromatic rings. The monoisotopic (exact) mass is 199 g/mol. The van der Waals surface area contributed by atoms with E-state index in [4.69, 9.17) is 0 Å². The average molecular weight is 199 g/mol. The molecule has 0 atom stereocenters. The van der Waals surface area contributed by atoms with Crippen molar-refractivity contribution in [3.8, 4) is 0 Å². The van der Waals surface area contributed by atoms with Crippen molar-refractivity contribution in [2.75, 3.05) is 0 Å². The van der Waals surface area contributed by atoms with Gasteiger partial charge in [-0.25, -0.2) is 0 Å². The number of hydrogen-bond acceptors (Lipinski definition) is 0. The Bertz CT molecular complexity index is 417. The van der Waals surface area contributed by atoms with Gasteiger partial charge in [0.2, 0.25) is 0 Å². The Morgan fingerprint density at radius 1 is 1.13 bits per heavy atom. The summed E-state index contributed by atoms with van der Waals surface area (Å²) in [6.07, 6.45) is 11.6. The minimum atomic E-state index is 1.08. The SMILES string of the molecule is C=C/C=C\c1[nH]c(/C=C\C)c(C)c1C=C. The third-order valence-corrected chi connectivity index (χ3v) is 2.30. The Kier molecular flexibility index (Phi) is 3.92. The Morgan fingerprint density at radius 3 is 2.40 bits per heavy atom. The number of allylic oxidation sites excluding steroid dienone is 3. The molecule has 1 N–H and O–H groups in total. The van der Waals surface area contributed by atoms with Gasteiger partial charge in [-0.05, 0) is 31.6 Å². The van der Waals surface area contributed by atoms with Crippen LogP contribution < -0.4 is 0 Å². The van der Waals surface area contributed by atoms with Crippen LogP contribution in [-0.2, 0) is 0 Å². The number of rotatable bonds is 4. The number of aromatic nitrogens is 1. The van der Waals surface area contributed by atoms with Gasteiger partial charge >= 0.3 is 0 Å². The van der Waals surface area contributed by atoms with E-state index in [1.807, 2.05) is 31.2 Å². The van der Waals surface area contributed by atoms with E-state index in [0.717, 1.165) is 17.0 Å². The van der Waals surface area contributed by atoms with Crippen molar-refractivity contribution in [1.82, 2.24) is 4.98 Å². The molecule has 0 aromatic carbocycles. The Balaban J connectivity index is 3.26. The second-order valence-electron chi connectivity index (χ2n) is 3.29. The van der Waals surface area contributed by atoms with Crippen LogP contribution in [0.3, 0.4) is 0 Å². The summed E-state index contributed by atoms with van der Waals surface area (Å²) in [7, 11) is 0. The first kappa shape index (κ1) is 11.3. The van der Waals surface area contributed by atoms with Crippen LogP contribution in [0, 0.1) is 6.92 Å². The summed E-state index contributed by atoms with van der Waals surface area (Å²) in [5.74, 6) is 0. The summed E-state index contributed by atoms with van der Waals surface area (Å²) < 4.78 is 0. The number of hydrogen-bond donors (Lipinski definition) is 1. The second kappa shape index (κ2) is 5.20. The number of H-pyrrole nitrogens is 1. The van der Waals surface area contributed by atoms with Crippen LogP contribution in [0.2, 0.25) is 0 Å².